The summed E-state index contributed by atoms with van der Waals surface area (Å²) >= 11 is 2.18. The Kier molecular flexibility index (Phi) is 3.46. The summed E-state index contributed by atoms with van der Waals surface area (Å²) < 4.78 is 1.000. The van der Waals surface area contributed by atoms with Crippen LogP contribution in [0.15, 0.2) is 12.3 Å². The summed E-state index contributed by atoms with van der Waals surface area (Å²) in [6.45, 7) is 3.96. The summed E-state index contributed by atoms with van der Waals surface area (Å²) in [5, 5.41) is 9.50. The van der Waals surface area contributed by atoms with Gasteiger partial charge >= 0.3 is 0 Å². The van der Waals surface area contributed by atoms with Gasteiger partial charge in [-0.3, -0.25) is 0 Å². The highest BCUT2D eigenvalue weighted by atomic mass is 127. The van der Waals surface area contributed by atoms with Crippen LogP contribution in [0.1, 0.15) is 30.6 Å². The lowest BCUT2D eigenvalue weighted by molar-refractivity contribution is 0.173. The molecular weight excluding hydrogens is 265 g/mol. The van der Waals surface area contributed by atoms with Gasteiger partial charge < -0.3 is 5.11 Å². The van der Waals surface area contributed by atoms with Gasteiger partial charge in [-0.2, -0.15) is 0 Å². The van der Waals surface area contributed by atoms with Crippen molar-refractivity contribution in [2.75, 3.05) is 0 Å². The fourth-order valence-corrected chi connectivity index (χ4v) is 1.29. The van der Waals surface area contributed by atoms with E-state index in [0.717, 1.165) is 21.2 Å². The van der Waals surface area contributed by atoms with Crippen LogP contribution in [-0.4, -0.2) is 10.1 Å². The molecule has 66 valence electrons. The van der Waals surface area contributed by atoms with Crippen molar-refractivity contribution >= 4 is 22.6 Å². The minimum Gasteiger partial charge on any atom is -0.388 e. The van der Waals surface area contributed by atoms with Gasteiger partial charge in [0.05, 0.1) is 6.10 Å². The first kappa shape index (κ1) is 9.92. The van der Waals surface area contributed by atoms with Crippen LogP contribution in [0.2, 0.25) is 0 Å². The van der Waals surface area contributed by atoms with E-state index in [2.05, 4.69) is 27.6 Å². The van der Waals surface area contributed by atoms with Gasteiger partial charge in [-0.05, 0) is 53.1 Å². The quantitative estimate of drug-likeness (QED) is 0.665. The summed E-state index contributed by atoms with van der Waals surface area (Å²) in [6.07, 6.45) is 2.11. The lowest BCUT2D eigenvalue weighted by Gasteiger charge is -2.08. The normalized spacial score (nSPS) is 13.0. The molecule has 3 heteroatoms. The lowest BCUT2D eigenvalue weighted by atomic mass is 10.1. The average molecular weight is 277 g/mol. The number of hydrogen-bond acceptors (Lipinski definition) is 2. The van der Waals surface area contributed by atoms with Crippen LogP contribution in [-0.2, 0) is 0 Å². The van der Waals surface area contributed by atoms with E-state index in [1.165, 1.54) is 0 Å². The molecular formula is C9H12INO. The van der Waals surface area contributed by atoms with Crippen LogP contribution in [0.3, 0.4) is 0 Å². The standard InChI is InChI=1S/C9H12INO/c1-3-8(12)7-4-6(2)9(10)11-5-7/h4-5,8,12H,3H2,1-2H3. The van der Waals surface area contributed by atoms with E-state index in [9.17, 15) is 5.11 Å². The van der Waals surface area contributed by atoms with E-state index >= 15 is 0 Å². The zero-order valence-electron chi connectivity index (χ0n) is 7.21. The Balaban J connectivity index is 2.96. The van der Waals surface area contributed by atoms with Gasteiger partial charge in [0.25, 0.3) is 0 Å². The third kappa shape index (κ3) is 2.17. The molecule has 0 bridgehead atoms. The number of aromatic nitrogens is 1. The van der Waals surface area contributed by atoms with Crippen LogP contribution in [0.25, 0.3) is 0 Å². The molecule has 1 aromatic rings. The molecule has 0 aliphatic carbocycles. The summed E-state index contributed by atoms with van der Waals surface area (Å²) in [6, 6.07) is 1.99. The highest BCUT2D eigenvalue weighted by Crippen LogP contribution is 2.18. The second-order valence-electron chi connectivity index (χ2n) is 2.80. The van der Waals surface area contributed by atoms with Crippen molar-refractivity contribution in [3.8, 4) is 0 Å². The van der Waals surface area contributed by atoms with Crippen LogP contribution >= 0.6 is 22.6 Å². The maximum atomic E-state index is 9.50. The van der Waals surface area contributed by atoms with Gasteiger partial charge in [-0.25, -0.2) is 4.98 Å². The molecule has 0 aromatic carbocycles. The largest absolute Gasteiger partial charge is 0.388 e. The van der Waals surface area contributed by atoms with E-state index in [0.29, 0.717) is 0 Å². The first-order chi connectivity index (χ1) is 5.65. The minimum atomic E-state index is -0.367. The Morgan fingerprint density at radius 1 is 1.67 bits per heavy atom. The third-order valence-electron chi connectivity index (χ3n) is 1.81. The number of hydrogen-bond donors (Lipinski definition) is 1. The molecule has 0 radical (unpaired) electrons. The first-order valence-electron chi connectivity index (χ1n) is 3.95. The second kappa shape index (κ2) is 4.18. The summed E-state index contributed by atoms with van der Waals surface area (Å²) in [7, 11) is 0. The van der Waals surface area contributed by atoms with Gasteiger partial charge in [-0.1, -0.05) is 6.92 Å². The molecule has 0 fully saturated rings. The minimum absolute atomic E-state index is 0.367. The zero-order chi connectivity index (χ0) is 9.14. The molecule has 1 heterocycles. The number of aliphatic hydroxyl groups is 1. The molecule has 0 amide bonds. The second-order valence-corrected chi connectivity index (χ2v) is 3.82. The van der Waals surface area contributed by atoms with Crippen molar-refractivity contribution < 1.29 is 5.11 Å². The van der Waals surface area contributed by atoms with Gasteiger partial charge in [0.15, 0.2) is 0 Å². The summed E-state index contributed by atoms with van der Waals surface area (Å²) in [4.78, 5) is 4.17. The molecule has 12 heavy (non-hydrogen) atoms. The van der Waals surface area contributed by atoms with E-state index in [-0.39, 0.29) is 6.10 Å². The number of pyridine rings is 1. The molecule has 0 saturated carbocycles. The van der Waals surface area contributed by atoms with Gasteiger partial charge in [0, 0.05) is 6.20 Å². The van der Waals surface area contributed by atoms with Gasteiger partial charge in [0.1, 0.15) is 3.70 Å². The van der Waals surface area contributed by atoms with Crippen molar-refractivity contribution in [3.63, 3.8) is 0 Å². The maximum Gasteiger partial charge on any atom is 0.104 e. The van der Waals surface area contributed by atoms with Gasteiger partial charge in [0.2, 0.25) is 0 Å². The van der Waals surface area contributed by atoms with Crippen molar-refractivity contribution in [2.24, 2.45) is 0 Å². The topological polar surface area (TPSA) is 33.1 Å². The van der Waals surface area contributed by atoms with Crippen molar-refractivity contribution in [3.05, 3.63) is 27.1 Å². The average Bonchev–Trinajstić information content (AvgIpc) is 2.08. The zero-order valence-corrected chi connectivity index (χ0v) is 9.37. The molecule has 1 unspecified atom stereocenters. The van der Waals surface area contributed by atoms with Crippen LogP contribution < -0.4 is 0 Å². The number of aryl methyl sites for hydroxylation is 1. The summed E-state index contributed by atoms with van der Waals surface area (Å²) in [5.74, 6) is 0. The Morgan fingerprint density at radius 2 is 2.33 bits per heavy atom. The first-order valence-corrected chi connectivity index (χ1v) is 5.03. The molecule has 2 nitrogen and oxygen atoms in total. The van der Waals surface area contributed by atoms with Crippen LogP contribution in [0.5, 0.6) is 0 Å². The van der Waals surface area contributed by atoms with Crippen molar-refractivity contribution in [1.29, 1.82) is 0 Å². The number of nitrogens with zero attached hydrogens (tertiary/aromatic N) is 1. The summed E-state index contributed by atoms with van der Waals surface area (Å²) in [5.41, 5.74) is 2.04. The van der Waals surface area contributed by atoms with Crippen LogP contribution in [0.4, 0.5) is 0 Å². The Morgan fingerprint density at radius 3 is 2.83 bits per heavy atom. The molecule has 0 saturated heterocycles. The highest BCUT2D eigenvalue weighted by molar-refractivity contribution is 14.1. The van der Waals surface area contributed by atoms with Crippen molar-refractivity contribution in [2.45, 2.75) is 26.4 Å². The maximum absolute atomic E-state index is 9.50. The molecule has 1 atom stereocenters. The SMILES string of the molecule is CCC(O)c1cnc(I)c(C)c1. The fourth-order valence-electron chi connectivity index (χ4n) is 0.998. The number of aliphatic hydroxyl groups excluding tert-OH is 1. The smallest absolute Gasteiger partial charge is 0.104 e. The predicted molar refractivity (Wildman–Crippen MR) is 56.9 cm³/mol. The van der Waals surface area contributed by atoms with Crippen molar-refractivity contribution in [1.82, 2.24) is 4.98 Å². The Hall–Kier alpha value is -0.160. The molecule has 1 rings (SSSR count). The monoisotopic (exact) mass is 277 g/mol. The highest BCUT2D eigenvalue weighted by Gasteiger charge is 2.06. The molecule has 1 N–H and O–H groups in total. The molecule has 0 spiro atoms. The third-order valence-corrected chi connectivity index (χ3v) is 2.94. The Bertz CT molecular complexity index is 275. The van der Waals surface area contributed by atoms with E-state index in [4.69, 9.17) is 0 Å². The van der Waals surface area contributed by atoms with Gasteiger partial charge in [-0.15, -0.1) is 0 Å². The van der Waals surface area contributed by atoms with E-state index in [1.54, 1.807) is 6.20 Å². The predicted octanol–water partition coefficient (Wildman–Crippen LogP) is 2.44. The Labute approximate surface area is 86.2 Å². The lowest BCUT2D eigenvalue weighted by Crippen LogP contribution is -1.98. The molecule has 0 aliphatic rings. The van der Waals surface area contributed by atoms with E-state index in [1.807, 2.05) is 19.9 Å². The molecule has 1 aromatic heterocycles. The van der Waals surface area contributed by atoms with E-state index < -0.39 is 0 Å². The molecule has 0 aliphatic heterocycles. The van der Waals surface area contributed by atoms with Crippen LogP contribution in [0, 0.1) is 10.6 Å². The fraction of sp³-hybridized carbons (Fsp3) is 0.444. The number of rotatable bonds is 2. The number of halogens is 1.